The molecule has 0 aliphatic rings. The predicted octanol–water partition coefficient (Wildman–Crippen LogP) is 4.88. The maximum atomic E-state index is 3.56. The van der Waals surface area contributed by atoms with Gasteiger partial charge in [-0.3, -0.25) is 0 Å². The molecule has 0 saturated heterocycles. The van der Waals surface area contributed by atoms with E-state index in [0.29, 0.717) is 6.04 Å². The zero-order chi connectivity index (χ0) is 14.7. The Balaban J connectivity index is 2.23. The summed E-state index contributed by atoms with van der Waals surface area (Å²) in [6.45, 7) is 6.47. The molecule has 0 aliphatic carbocycles. The van der Waals surface area contributed by atoms with Crippen LogP contribution in [0.4, 0.5) is 0 Å². The fourth-order valence-electron chi connectivity index (χ4n) is 2.44. The van der Waals surface area contributed by atoms with Gasteiger partial charge < -0.3 is 5.32 Å². The Morgan fingerprint density at radius 2 is 1.70 bits per heavy atom. The van der Waals surface area contributed by atoms with Crippen molar-refractivity contribution in [2.45, 2.75) is 33.2 Å². The summed E-state index contributed by atoms with van der Waals surface area (Å²) < 4.78 is 1.17. The first-order chi connectivity index (χ1) is 9.51. The van der Waals surface area contributed by atoms with Crippen molar-refractivity contribution in [2.75, 3.05) is 7.05 Å². The molecular formula is C18H22BrN. The van der Waals surface area contributed by atoms with Crippen LogP contribution < -0.4 is 5.32 Å². The van der Waals surface area contributed by atoms with Gasteiger partial charge in [0.15, 0.2) is 0 Å². The van der Waals surface area contributed by atoms with Gasteiger partial charge in [0.2, 0.25) is 0 Å². The van der Waals surface area contributed by atoms with Gasteiger partial charge in [-0.2, -0.15) is 0 Å². The Bertz CT molecular complexity index is 604. The van der Waals surface area contributed by atoms with Crippen LogP contribution in [-0.2, 0) is 6.42 Å². The topological polar surface area (TPSA) is 12.0 Å². The van der Waals surface area contributed by atoms with Gasteiger partial charge in [-0.05, 0) is 68.1 Å². The summed E-state index contributed by atoms with van der Waals surface area (Å²) in [4.78, 5) is 0. The van der Waals surface area contributed by atoms with Crippen LogP contribution in [0.5, 0.6) is 0 Å². The molecule has 0 saturated carbocycles. The van der Waals surface area contributed by atoms with Gasteiger partial charge in [0.1, 0.15) is 0 Å². The molecule has 0 spiro atoms. The molecule has 2 aromatic rings. The van der Waals surface area contributed by atoms with Gasteiger partial charge in [0.25, 0.3) is 0 Å². The SMILES string of the molecule is CNC(Cc1ccc(C)c(C)c1)c1ccc(Br)c(C)c1. The van der Waals surface area contributed by atoms with Gasteiger partial charge >= 0.3 is 0 Å². The van der Waals surface area contributed by atoms with Gasteiger partial charge in [0.05, 0.1) is 0 Å². The zero-order valence-electron chi connectivity index (χ0n) is 12.6. The summed E-state index contributed by atoms with van der Waals surface area (Å²) in [7, 11) is 2.03. The van der Waals surface area contributed by atoms with Crippen molar-refractivity contribution in [2.24, 2.45) is 0 Å². The van der Waals surface area contributed by atoms with Crippen molar-refractivity contribution < 1.29 is 0 Å². The van der Waals surface area contributed by atoms with Crippen LogP contribution in [0.3, 0.4) is 0 Å². The van der Waals surface area contributed by atoms with E-state index in [2.05, 4.69) is 78.4 Å². The number of halogens is 1. The van der Waals surface area contributed by atoms with Crippen molar-refractivity contribution in [3.63, 3.8) is 0 Å². The first-order valence-electron chi connectivity index (χ1n) is 7.00. The van der Waals surface area contributed by atoms with E-state index in [0.717, 1.165) is 6.42 Å². The minimum atomic E-state index is 0.351. The van der Waals surface area contributed by atoms with E-state index < -0.39 is 0 Å². The molecule has 0 fully saturated rings. The Morgan fingerprint density at radius 1 is 0.950 bits per heavy atom. The summed E-state index contributed by atoms with van der Waals surface area (Å²) >= 11 is 3.56. The van der Waals surface area contributed by atoms with Crippen LogP contribution in [0.25, 0.3) is 0 Å². The third-order valence-electron chi connectivity index (χ3n) is 3.94. The Kier molecular flexibility index (Phi) is 5.00. The number of benzene rings is 2. The fraction of sp³-hybridized carbons (Fsp3) is 0.333. The van der Waals surface area contributed by atoms with E-state index in [1.54, 1.807) is 0 Å². The second-order valence-electron chi connectivity index (χ2n) is 5.47. The molecule has 0 amide bonds. The number of rotatable bonds is 4. The molecule has 2 aromatic carbocycles. The van der Waals surface area contributed by atoms with Crippen LogP contribution in [0.1, 0.15) is 33.9 Å². The first kappa shape index (κ1) is 15.3. The maximum Gasteiger partial charge on any atom is 0.0358 e. The zero-order valence-corrected chi connectivity index (χ0v) is 14.2. The van der Waals surface area contributed by atoms with Crippen LogP contribution in [0, 0.1) is 20.8 Å². The lowest BCUT2D eigenvalue weighted by Crippen LogP contribution is -2.19. The Labute approximate surface area is 130 Å². The van der Waals surface area contributed by atoms with Crippen molar-refractivity contribution in [1.29, 1.82) is 0 Å². The minimum Gasteiger partial charge on any atom is -0.313 e. The lowest BCUT2D eigenvalue weighted by molar-refractivity contribution is 0.591. The molecule has 1 unspecified atom stereocenters. The smallest absolute Gasteiger partial charge is 0.0358 e. The lowest BCUT2D eigenvalue weighted by Gasteiger charge is -2.18. The van der Waals surface area contributed by atoms with Crippen LogP contribution in [-0.4, -0.2) is 7.05 Å². The van der Waals surface area contributed by atoms with Crippen molar-refractivity contribution >= 4 is 15.9 Å². The van der Waals surface area contributed by atoms with E-state index in [4.69, 9.17) is 0 Å². The van der Waals surface area contributed by atoms with E-state index in [-0.39, 0.29) is 0 Å². The quantitative estimate of drug-likeness (QED) is 0.842. The second kappa shape index (κ2) is 6.55. The largest absolute Gasteiger partial charge is 0.313 e. The highest BCUT2D eigenvalue weighted by Gasteiger charge is 2.11. The third-order valence-corrected chi connectivity index (χ3v) is 4.83. The molecule has 20 heavy (non-hydrogen) atoms. The van der Waals surface area contributed by atoms with Crippen molar-refractivity contribution in [1.82, 2.24) is 5.32 Å². The number of likely N-dealkylation sites (N-methyl/N-ethyl adjacent to an activating group) is 1. The van der Waals surface area contributed by atoms with Crippen molar-refractivity contribution in [3.05, 3.63) is 68.7 Å². The standard InChI is InChI=1S/C18H22BrN/c1-12-5-6-15(9-13(12)2)11-18(20-4)16-7-8-17(19)14(3)10-16/h5-10,18,20H,11H2,1-4H3. The number of hydrogen-bond donors (Lipinski definition) is 1. The number of nitrogens with one attached hydrogen (secondary N) is 1. The van der Waals surface area contributed by atoms with Crippen LogP contribution in [0.15, 0.2) is 40.9 Å². The molecule has 0 aliphatic heterocycles. The average molecular weight is 332 g/mol. The molecule has 2 heteroatoms. The predicted molar refractivity (Wildman–Crippen MR) is 90.3 cm³/mol. The lowest BCUT2D eigenvalue weighted by atomic mass is 9.96. The maximum absolute atomic E-state index is 3.56. The van der Waals surface area contributed by atoms with E-state index >= 15 is 0 Å². The van der Waals surface area contributed by atoms with E-state index in [1.807, 2.05) is 7.05 Å². The highest BCUT2D eigenvalue weighted by molar-refractivity contribution is 9.10. The molecule has 0 radical (unpaired) electrons. The summed E-state index contributed by atoms with van der Waals surface area (Å²) in [6, 6.07) is 13.7. The third kappa shape index (κ3) is 3.50. The molecule has 0 aromatic heterocycles. The summed E-state index contributed by atoms with van der Waals surface area (Å²) in [6.07, 6.45) is 1.01. The summed E-state index contributed by atoms with van der Waals surface area (Å²) in [5.41, 5.74) is 6.72. The van der Waals surface area contributed by atoms with E-state index in [9.17, 15) is 0 Å². The summed E-state index contributed by atoms with van der Waals surface area (Å²) in [5, 5.41) is 3.43. The molecule has 106 valence electrons. The fourth-order valence-corrected chi connectivity index (χ4v) is 2.68. The highest BCUT2D eigenvalue weighted by atomic mass is 79.9. The number of hydrogen-bond acceptors (Lipinski definition) is 1. The molecule has 1 atom stereocenters. The van der Waals surface area contributed by atoms with Gasteiger partial charge in [-0.1, -0.05) is 46.3 Å². The van der Waals surface area contributed by atoms with E-state index in [1.165, 1.54) is 32.3 Å². The Morgan fingerprint density at radius 3 is 2.30 bits per heavy atom. The normalized spacial score (nSPS) is 12.4. The minimum absolute atomic E-state index is 0.351. The number of aryl methyl sites for hydroxylation is 3. The van der Waals surface area contributed by atoms with Crippen molar-refractivity contribution in [3.8, 4) is 0 Å². The first-order valence-corrected chi connectivity index (χ1v) is 7.80. The second-order valence-corrected chi connectivity index (χ2v) is 6.33. The van der Waals surface area contributed by atoms with Gasteiger partial charge in [0, 0.05) is 10.5 Å². The molecule has 2 rings (SSSR count). The Hall–Kier alpha value is -1.12. The van der Waals surface area contributed by atoms with Gasteiger partial charge in [-0.25, -0.2) is 0 Å². The summed E-state index contributed by atoms with van der Waals surface area (Å²) in [5.74, 6) is 0. The molecule has 1 N–H and O–H groups in total. The van der Waals surface area contributed by atoms with Crippen LogP contribution >= 0.6 is 15.9 Å². The van der Waals surface area contributed by atoms with Crippen LogP contribution in [0.2, 0.25) is 0 Å². The monoisotopic (exact) mass is 331 g/mol. The molecule has 0 heterocycles. The average Bonchev–Trinajstić information content (AvgIpc) is 2.43. The molecular weight excluding hydrogens is 310 g/mol. The molecule has 1 nitrogen and oxygen atoms in total. The van der Waals surface area contributed by atoms with Gasteiger partial charge in [-0.15, -0.1) is 0 Å². The molecule has 0 bridgehead atoms. The highest BCUT2D eigenvalue weighted by Crippen LogP contribution is 2.24.